The second-order valence-electron chi connectivity index (χ2n) is 4.64. The minimum Gasteiger partial charge on any atom is -0.497 e. The largest absolute Gasteiger partial charge is 0.497 e. The SMILES string of the molecule is COc1ccc(NC(=O)CSC(C)c2ccccc2)cc1. The van der Waals surface area contributed by atoms with Crippen LogP contribution in [0.3, 0.4) is 0 Å². The summed E-state index contributed by atoms with van der Waals surface area (Å²) in [7, 11) is 1.62. The Labute approximate surface area is 129 Å². The molecule has 0 saturated heterocycles. The first-order valence-electron chi connectivity index (χ1n) is 6.79. The van der Waals surface area contributed by atoms with Gasteiger partial charge in [0, 0.05) is 10.9 Å². The fourth-order valence-electron chi connectivity index (χ4n) is 1.89. The van der Waals surface area contributed by atoms with E-state index in [0.29, 0.717) is 11.0 Å². The summed E-state index contributed by atoms with van der Waals surface area (Å²) in [5, 5.41) is 3.18. The van der Waals surface area contributed by atoms with Crippen molar-refractivity contribution in [3.8, 4) is 5.75 Å². The normalized spacial score (nSPS) is 11.7. The summed E-state index contributed by atoms with van der Waals surface area (Å²) in [6.45, 7) is 2.11. The summed E-state index contributed by atoms with van der Waals surface area (Å²) < 4.78 is 5.09. The molecule has 1 amide bonds. The first-order valence-corrected chi connectivity index (χ1v) is 7.84. The van der Waals surface area contributed by atoms with Crippen LogP contribution in [0.2, 0.25) is 0 Å². The van der Waals surface area contributed by atoms with Crippen molar-refractivity contribution in [1.82, 2.24) is 0 Å². The predicted molar refractivity (Wildman–Crippen MR) is 88.9 cm³/mol. The highest BCUT2D eigenvalue weighted by Crippen LogP contribution is 2.27. The van der Waals surface area contributed by atoms with Crippen LogP contribution in [-0.4, -0.2) is 18.8 Å². The van der Waals surface area contributed by atoms with E-state index in [1.165, 1.54) is 5.56 Å². The number of methoxy groups -OCH3 is 1. The maximum Gasteiger partial charge on any atom is 0.234 e. The summed E-state index contributed by atoms with van der Waals surface area (Å²) in [5.74, 6) is 1.22. The number of benzene rings is 2. The van der Waals surface area contributed by atoms with Crippen molar-refractivity contribution in [2.45, 2.75) is 12.2 Å². The molecule has 0 saturated carbocycles. The van der Waals surface area contributed by atoms with E-state index < -0.39 is 0 Å². The van der Waals surface area contributed by atoms with Crippen molar-refractivity contribution in [2.24, 2.45) is 0 Å². The molecule has 0 aliphatic carbocycles. The van der Waals surface area contributed by atoms with E-state index >= 15 is 0 Å². The standard InChI is InChI=1S/C17H19NO2S/c1-13(14-6-4-3-5-7-14)21-12-17(19)18-15-8-10-16(20-2)11-9-15/h3-11,13H,12H2,1-2H3,(H,18,19). The van der Waals surface area contributed by atoms with Gasteiger partial charge in [-0.05, 0) is 36.8 Å². The van der Waals surface area contributed by atoms with Crippen LogP contribution in [0.15, 0.2) is 54.6 Å². The number of carbonyl (C=O) groups excluding carboxylic acids is 1. The number of nitrogens with one attached hydrogen (secondary N) is 1. The zero-order chi connectivity index (χ0) is 15.1. The first-order chi connectivity index (χ1) is 10.2. The second kappa shape index (κ2) is 7.74. The van der Waals surface area contributed by atoms with Crippen LogP contribution in [0.5, 0.6) is 5.75 Å². The Kier molecular flexibility index (Phi) is 5.69. The van der Waals surface area contributed by atoms with Gasteiger partial charge in [-0.2, -0.15) is 0 Å². The predicted octanol–water partition coefficient (Wildman–Crippen LogP) is 4.13. The Morgan fingerprint density at radius 1 is 1.14 bits per heavy atom. The number of amides is 1. The van der Waals surface area contributed by atoms with Gasteiger partial charge in [-0.25, -0.2) is 0 Å². The highest BCUT2D eigenvalue weighted by molar-refractivity contribution is 8.00. The van der Waals surface area contributed by atoms with Crippen LogP contribution in [0.25, 0.3) is 0 Å². The van der Waals surface area contributed by atoms with Crippen molar-refractivity contribution >= 4 is 23.4 Å². The molecule has 3 nitrogen and oxygen atoms in total. The fourth-order valence-corrected chi connectivity index (χ4v) is 2.72. The summed E-state index contributed by atoms with van der Waals surface area (Å²) in [6.07, 6.45) is 0. The van der Waals surface area contributed by atoms with E-state index in [2.05, 4.69) is 24.4 Å². The molecule has 1 N–H and O–H groups in total. The lowest BCUT2D eigenvalue weighted by Gasteiger charge is -2.11. The van der Waals surface area contributed by atoms with Gasteiger partial charge < -0.3 is 10.1 Å². The van der Waals surface area contributed by atoms with Crippen molar-refractivity contribution in [2.75, 3.05) is 18.2 Å². The molecule has 0 radical (unpaired) electrons. The third-order valence-corrected chi connectivity index (χ3v) is 4.31. The van der Waals surface area contributed by atoms with Crippen LogP contribution in [0.4, 0.5) is 5.69 Å². The van der Waals surface area contributed by atoms with Crippen molar-refractivity contribution in [1.29, 1.82) is 0 Å². The zero-order valence-electron chi connectivity index (χ0n) is 12.2. The molecule has 21 heavy (non-hydrogen) atoms. The Morgan fingerprint density at radius 3 is 2.43 bits per heavy atom. The van der Waals surface area contributed by atoms with Gasteiger partial charge in [0.2, 0.25) is 5.91 Å². The first kappa shape index (κ1) is 15.4. The number of rotatable bonds is 6. The van der Waals surface area contributed by atoms with E-state index in [-0.39, 0.29) is 5.91 Å². The molecule has 2 aromatic rings. The van der Waals surface area contributed by atoms with Gasteiger partial charge >= 0.3 is 0 Å². The Hall–Kier alpha value is -1.94. The van der Waals surface area contributed by atoms with Gasteiger partial charge in [-0.15, -0.1) is 11.8 Å². The molecule has 4 heteroatoms. The topological polar surface area (TPSA) is 38.3 Å². The van der Waals surface area contributed by atoms with Gasteiger partial charge in [0.25, 0.3) is 0 Å². The van der Waals surface area contributed by atoms with Crippen molar-refractivity contribution in [3.63, 3.8) is 0 Å². The summed E-state index contributed by atoms with van der Waals surface area (Å²) in [6, 6.07) is 17.5. The lowest BCUT2D eigenvalue weighted by Crippen LogP contribution is -2.14. The monoisotopic (exact) mass is 301 g/mol. The highest BCUT2D eigenvalue weighted by Gasteiger charge is 2.09. The summed E-state index contributed by atoms with van der Waals surface area (Å²) in [5.41, 5.74) is 2.02. The van der Waals surface area contributed by atoms with Crippen LogP contribution in [-0.2, 0) is 4.79 Å². The number of ether oxygens (including phenoxy) is 1. The zero-order valence-corrected chi connectivity index (χ0v) is 13.0. The molecular weight excluding hydrogens is 282 g/mol. The lowest BCUT2D eigenvalue weighted by molar-refractivity contribution is -0.113. The number of anilines is 1. The molecule has 2 aromatic carbocycles. The van der Waals surface area contributed by atoms with Gasteiger partial charge in [-0.1, -0.05) is 30.3 Å². The molecule has 0 spiro atoms. The van der Waals surface area contributed by atoms with Gasteiger partial charge in [0.15, 0.2) is 0 Å². The minimum atomic E-state index is 0.00736. The van der Waals surface area contributed by atoms with Crippen LogP contribution >= 0.6 is 11.8 Å². The van der Waals surface area contributed by atoms with Gasteiger partial charge in [-0.3, -0.25) is 4.79 Å². The number of hydrogen-bond donors (Lipinski definition) is 1. The summed E-state index contributed by atoms with van der Waals surface area (Å²) in [4.78, 5) is 11.9. The van der Waals surface area contributed by atoms with Gasteiger partial charge in [0.05, 0.1) is 12.9 Å². The molecular formula is C17H19NO2S. The number of carbonyl (C=O) groups is 1. The smallest absolute Gasteiger partial charge is 0.234 e. The van der Waals surface area contributed by atoms with E-state index in [9.17, 15) is 4.79 Å². The van der Waals surface area contributed by atoms with Gasteiger partial charge in [0.1, 0.15) is 5.75 Å². The Balaban J connectivity index is 1.81. The van der Waals surface area contributed by atoms with Crippen molar-refractivity contribution in [3.05, 3.63) is 60.2 Å². The molecule has 0 aliphatic rings. The average molecular weight is 301 g/mol. The van der Waals surface area contributed by atoms with E-state index in [1.807, 2.05) is 42.5 Å². The molecule has 1 atom stereocenters. The quantitative estimate of drug-likeness (QED) is 0.872. The molecule has 0 heterocycles. The maximum atomic E-state index is 11.9. The third kappa shape index (κ3) is 4.83. The summed E-state index contributed by atoms with van der Waals surface area (Å²) >= 11 is 1.63. The number of thioether (sulfide) groups is 1. The van der Waals surface area contributed by atoms with Crippen LogP contribution < -0.4 is 10.1 Å². The Morgan fingerprint density at radius 2 is 1.81 bits per heavy atom. The third-order valence-electron chi connectivity index (χ3n) is 3.11. The second-order valence-corrected chi connectivity index (χ2v) is 5.97. The fraction of sp³-hybridized carbons (Fsp3) is 0.235. The molecule has 110 valence electrons. The number of hydrogen-bond acceptors (Lipinski definition) is 3. The molecule has 0 aliphatic heterocycles. The molecule has 0 bridgehead atoms. The van der Waals surface area contributed by atoms with E-state index in [4.69, 9.17) is 4.74 Å². The minimum absolute atomic E-state index is 0.00736. The van der Waals surface area contributed by atoms with Crippen molar-refractivity contribution < 1.29 is 9.53 Å². The van der Waals surface area contributed by atoms with Crippen LogP contribution in [0.1, 0.15) is 17.7 Å². The molecule has 2 rings (SSSR count). The molecule has 0 aromatic heterocycles. The lowest BCUT2D eigenvalue weighted by atomic mass is 10.2. The Bertz CT molecular complexity index is 569. The van der Waals surface area contributed by atoms with E-state index in [1.54, 1.807) is 18.9 Å². The average Bonchev–Trinajstić information content (AvgIpc) is 2.54. The maximum absolute atomic E-state index is 11.9. The molecule has 1 unspecified atom stereocenters. The highest BCUT2D eigenvalue weighted by atomic mass is 32.2. The van der Waals surface area contributed by atoms with Crippen LogP contribution in [0, 0.1) is 0 Å². The van der Waals surface area contributed by atoms with E-state index in [0.717, 1.165) is 11.4 Å². The molecule has 0 fully saturated rings.